The van der Waals surface area contributed by atoms with Crippen molar-refractivity contribution in [2.24, 2.45) is 4.99 Å². The topological polar surface area (TPSA) is 84.6 Å². The Kier molecular flexibility index (Phi) is 2.21. The van der Waals surface area contributed by atoms with Crippen molar-refractivity contribution >= 4 is 23.7 Å². The molecule has 1 atom stereocenters. The zero-order valence-corrected chi connectivity index (χ0v) is 7.81. The summed E-state index contributed by atoms with van der Waals surface area (Å²) >= 11 is 0. The van der Waals surface area contributed by atoms with Gasteiger partial charge in [0.2, 0.25) is 0 Å². The number of anilines is 1. The highest BCUT2D eigenvalue weighted by atomic mass is 16.2. The van der Waals surface area contributed by atoms with Crippen molar-refractivity contribution in [1.29, 1.82) is 0 Å². The Labute approximate surface area is 86.0 Å². The molecule has 0 radical (unpaired) electrons. The van der Waals surface area contributed by atoms with Crippen LogP contribution in [0.25, 0.3) is 0 Å². The van der Waals surface area contributed by atoms with Gasteiger partial charge in [0.1, 0.15) is 6.04 Å². The second-order valence-corrected chi connectivity index (χ2v) is 3.16. The van der Waals surface area contributed by atoms with E-state index in [0.717, 1.165) is 0 Å². The fourth-order valence-corrected chi connectivity index (χ4v) is 1.37. The maximum absolute atomic E-state index is 11.8. The average Bonchev–Trinajstić information content (AvgIpc) is 2.65. The minimum Gasteiger partial charge on any atom is -0.398 e. The van der Waals surface area contributed by atoms with Crippen LogP contribution < -0.4 is 11.1 Å². The van der Waals surface area contributed by atoms with E-state index in [0.29, 0.717) is 11.3 Å². The highest BCUT2D eigenvalue weighted by molar-refractivity contribution is 6.16. The summed E-state index contributed by atoms with van der Waals surface area (Å²) in [5.74, 6) is -0.247. The number of nitrogens with zero attached hydrogens (tertiary/aromatic N) is 1. The lowest BCUT2D eigenvalue weighted by molar-refractivity contribution is 0.0978. The van der Waals surface area contributed by atoms with Crippen LogP contribution in [-0.4, -0.2) is 24.1 Å². The number of nitrogens with two attached hydrogens (primary N) is 1. The van der Waals surface area contributed by atoms with Crippen LogP contribution in [0.5, 0.6) is 0 Å². The van der Waals surface area contributed by atoms with E-state index in [4.69, 9.17) is 5.73 Å². The van der Waals surface area contributed by atoms with Crippen LogP contribution >= 0.6 is 0 Å². The molecular formula is C10H9N3O2. The molecule has 0 saturated carbocycles. The molecule has 0 aliphatic carbocycles. The fourth-order valence-electron chi connectivity index (χ4n) is 1.37. The van der Waals surface area contributed by atoms with Crippen LogP contribution in [0.4, 0.5) is 10.5 Å². The summed E-state index contributed by atoms with van der Waals surface area (Å²) in [5, 5.41) is 2.41. The molecule has 15 heavy (non-hydrogen) atoms. The predicted octanol–water partition coefficient (Wildman–Crippen LogP) is 0.614. The number of hydrogen-bond acceptors (Lipinski definition) is 3. The Morgan fingerprint density at radius 3 is 2.73 bits per heavy atom. The molecule has 0 fully saturated rings. The first-order valence-electron chi connectivity index (χ1n) is 4.42. The lowest BCUT2D eigenvalue weighted by Gasteiger charge is -2.08. The number of amides is 2. The minimum absolute atomic E-state index is 0.247. The average molecular weight is 203 g/mol. The van der Waals surface area contributed by atoms with Crippen molar-refractivity contribution in [1.82, 2.24) is 5.32 Å². The molecule has 3 N–H and O–H groups in total. The summed E-state index contributed by atoms with van der Waals surface area (Å²) in [4.78, 5) is 26.1. The van der Waals surface area contributed by atoms with Crippen molar-refractivity contribution < 1.29 is 9.59 Å². The summed E-state index contributed by atoms with van der Waals surface area (Å²) in [7, 11) is 0. The van der Waals surface area contributed by atoms with Gasteiger partial charge in [0.15, 0.2) is 5.78 Å². The highest BCUT2D eigenvalue weighted by Gasteiger charge is 2.25. The molecule has 1 aromatic rings. The molecule has 1 heterocycles. The van der Waals surface area contributed by atoms with Gasteiger partial charge in [0, 0.05) is 17.5 Å². The van der Waals surface area contributed by atoms with Gasteiger partial charge in [-0.1, -0.05) is 12.1 Å². The third-order valence-corrected chi connectivity index (χ3v) is 2.13. The number of carbonyl (C=O) groups is 2. The van der Waals surface area contributed by atoms with E-state index in [-0.39, 0.29) is 5.78 Å². The normalized spacial score (nSPS) is 18.9. The monoisotopic (exact) mass is 203 g/mol. The summed E-state index contributed by atoms with van der Waals surface area (Å²) in [6.45, 7) is 0. The number of benzene rings is 1. The minimum atomic E-state index is -0.692. The first kappa shape index (κ1) is 9.39. The number of nitrogens with one attached hydrogen (secondary N) is 1. The van der Waals surface area contributed by atoms with E-state index in [1.165, 1.54) is 6.21 Å². The van der Waals surface area contributed by atoms with E-state index in [1.54, 1.807) is 24.3 Å². The highest BCUT2D eigenvalue weighted by Crippen LogP contribution is 2.13. The summed E-state index contributed by atoms with van der Waals surface area (Å²) in [5.41, 5.74) is 6.44. The molecule has 0 bridgehead atoms. The van der Waals surface area contributed by atoms with Gasteiger partial charge in [-0.25, -0.2) is 9.79 Å². The number of para-hydroxylation sites is 1. The molecule has 76 valence electrons. The van der Waals surface area contributed by atoms with E-state index in [1.807, 2.05) is 0 Å². The van der Waals surface area contributed by atoms with E-state index in [9.17, 15) is 9.59 Å². The van der Waals surface area contributed by atoms with Gasteiger partial charge in [-0.3, -0.25) is 4.79 Å². The number of rotatable bonds is 2. The molecule has 1 aliphatic heterocycles. The van der Waals surface area contributed by atoms with Crippen molar-refractivity contribution in [3.05, 3.63) is 29.8 Å². The molecule has 2 rings (SSSR count). The Bertz CT molecular complexity index is 454. The largest absolute Gasteiger partial charge is 0.398 e. The maximum Gasteiger partial charge on any atom is 0.341 e. The lowest BCUT2D eigenvalue weighted by Crippen LogP contribution is -2.35. The number of hydrogen-bond donors (Lipinski definition) is 2. The van der Waals surface area contributed by atoms with Crippen molar-refractivity contribution in [2.45, 2.75) is 6.04 Å². The smallest absolute Gasteiger partial charge is 0.341 e. The van der Waals surface area contributed by atoms with Crippen LogP contribution in [0.15, 0.2) is 29.3 Å². The van der Waals surface area contributed by atoms with E-state index < -0.39 is 12.1 Å². The SMILES string of the molecule is Nc1ccccc1C(=O)C1C=NC(=O)N1. The lowest BCUT2D eigenvalue weighted by atomic mass is 10.0. The van der Waals surface area contributed by atoms with Gasteiger partial charge in [0.25, 0.3) is 0 Å². The number of nitrogen functional groups attached to an aromatic ring is 1. The molecule has 5 nitrogen and oxygen atoms in total. The van der Waals surface area contributed by atoms with Crippen LogP contribution in [0, 0.1) is 0 Å². The summed E-state index contributed by atoms with van der Waals surface area (Å²) < 4.78 is 0. The fraction of sp³-hybridized carbons (Fsp3) is 0.100. The zero-order chi connectivity index (χ0) is 10.8. The summed E-state index contributed by atoms with van der Waals surface area (Å²) in [6.07, 6.45) is 1.29. The van der Waals surface area contributed by atoms with Gasteiger partial charge in [-0.15, -0.1) is 0 Å². The van der Waals surface area contributed by atoms with Crippen LogP contribution in [0.2, 0.25) is 0 Å². The van der Waals surface area contributed by atoms with Crippen LogP contribution in [0.1, 0.15) is 10.4 Å². The summed E-state index contributed by atoms with van der Waals surface area (Å²) in [6, 6.07) is 5.53. The predicted molar refractivity (Wildman–Crippen MR) is 56.0 cm³/mol. The number of carbonyl (C=O) groups excluding carboxylic acids is 2. The first-order chi connectivity index (χ1) is 7.18. The van der Waals surface area contributed by atoms with E-state index >= 15 is 0 Å². The molecule has 5 heteroatoms. The van der Waals surface area contributed by atoms with Crippen molar-refractivity contribution in [3.8, 4) is 0 Å². The quantitative estimate of drug-likeness (QED) is 0.545. The van der Waals surface area contributed by atoms with Gasteiger partial charge in [-0.05, 0) is 12.1 Å². The molecule has 0 aromatic heterocycles. The maximum atomic E-state index is 11.8. The van der Waals surface area contributed by atoms with Crippen molar-refractivity contribution in [3.63, 3.8) is 0 Å². The first-order valence-corrected chi connectivity index (χ1v) is 4.42. The third kappa shape index (κ3) is 1.71. The third-order valence-electron chi connectivity index (χ3n) is 2.13. The Morgan fingerprint density at radius 1 is 1.40 bits per heavy atom. The molecular weight excluding hydrogens is 194 g/mol. The van der Waals surface area contributed by atoms with Gasteiger partial charge in [0.05, 0.1) is 0 Å². The molecule has 0 saturated heterocycles. The van der Waals surface area contributed by atoms with Gasteiger partial charge < -0.3 is 11.1 Å². The standard InChI is InChI=1S/C10H9N3O2/c11-7-4-2-1-3-6(7)9(14)8-5-12-10(15)13-8/h1-5,8H,11H2,(H,13,15). The molecule has 0 spiro atoms. The molecule has 1 aromatic carbocycles. The number of Topliss-reactive ketones (excluding diaryl/α,β-unsaturated/α-hetero) is 1. The zero-order valence-electron chi connectivity index (χ0n) is 7.81. The number of urea groups is 1. The molecule has 2 amide bonds. The van der Waals surface area contributed by atoms with Crippen molar-refractivity contribution in [2.75, 3.05) is 5.73 Å². The number of aliphatic imine (C=N–C) groups is 1. The second-order valence-electron chi connectivity index (χ2n) is 3.16. The second kappa shape index (κ2) is 3.53. The van der Waals surface area contributed by atoms with Gasteiger partial charge >= 0.3 is 6.03 Å². The Balaban J connectivity index is 2.26. The Morgan fingerprint density at radius 2 is 2.13 bits per heavy atom. The Hall–Kier alpha value is -2.17. The van der Waals surface area contributed by atoms with Crippen LogP contribution in [0.3, 0.4) is 0 Å². The van der Waals surface area contributed by atoms with Gasteiger partial charge in [-0.2, -0.15) is 0 Å². The van der Waals surface area contributed by atoms with Crippen LogP contribution in [-0.2, 0) is 0 Å². The number of ketones is 1. The van der Waals surface area contributed by atoms with E-state index in [2.05, 4.69) is 10.3 Å². The molecule has 1 aliphatic rings. The molecule has 1 unspecified atom stereocenters.